The zero-order valence-corrected chi connectivity index (χ0v) is 7.64. The summed E-state index contributed by atoms with van der Waals surface area (Å²) in [6.07, 6.45) is 0. The molecule has 1 aromatic heterocycles. The molecule has 0 aliphatic heterocycles. The smallest absolute Gasteiger partial charge is 0.252 e. The maximum atomic E-state index is 11.3. The summed E-state index contributed by atoms with van der Waals surface area (Å²) in [6.45, 7) is 4.01. The van der Waals surface area contributed by atoms with Crippen LogP contribution >= 0.6 is 0 Å². The minimum Gasteiger partial charge on any atom is -0.375 e. The van der Waals surface area contributed by atoms with Crippen LogP contribution in [-0.2, 0) is 0 Å². The largest absolute Gasteiger partial charge is 0.375 e. The maximum absolute atomic E-state index is 11.3. The minimum atomic E-state index is -0.00292. The Morgan fingerprint density at radius 1 is 1.42 bits per heavy atom. The van der Waals surface area contributed by atoms with Gasteiger partial charge >= 0.3 is 0 Å². The third-order valence-electron chi connectivity index (χ3n) is 1.83. The Balaban J connectivity index is 3.12. The molecule has 12 heavy (non-hydrogen) atoms. The highest BCUT2D eigenvalue weighted by Gasteiger charge is 2.03. The standard InChI is InChI=1S/C9H14N2O/c1-6(2)7-4-5-8(10-3)11-9(7)12/h4-6H,1-3H3,(H2,10,11,12). The van der Waals surface area contributed by atoms with Gasteiger partial charge in [0, 0.05) is 12.6 Å². The Morgan fingerprint density at radius 3 is 2.50 bits per heavy atom. The third kappa shape index (κ3) is 1.67. The van der Waals surface area contributed by atoms with Crippen molar-refractivity contribution in [3.63, 3.8) is 0 Å². The summed E-state index contributed by atoms with van der Waals surface area (Å²) in [5, 5.41) is 2.88. The van der Waals surface area contributed by atoms with Gasteiger partial charge in [-0.15, -0.1) is 0 Å². The number of anilines is 1. The quantitative estimate of drug-likeness (QED) is 0.700. The zero-order chi connectivity index (χ0) is 9.14. The van der Waals surface area contributed by atoms with Crippen LogP contribution in [0.25, 0.3) is 0 Å². The average Bonchev–Trinajstić information content (AvgIpc) is 2.03. The molecule has 0 aliphatic rings. The second-order valence-electron chi connectivity index (χ2n) is 3.06. The van der Waals surface area contributed by atoms with Crippen molar-refractivity contribution >= 4 is 5.82 Å². The molecule has 0 amide bonds. The van der Waals surface area contributed by atoms with Crippen molar-refractivity contribution in [1.29, 1.82) is 0 Å². The van der Waals surface area contributed by atoms with Crippen LogP contribution in [0.2, 0.25) is 0 Å². The normalized spacial score (nSPS) is 10.3. The van der Waals surface area contributed by atoms with Gasteiger partial charge in [-0.1, -0.05) is 13.8 Å². The number of hydrogen-bond acceptors (Lipinski definition) is 2. The number of nitrogens with one attached hydrogen (secondary N) is 2. The Morgan fingerprint density at radius 2 is 2.08 bits per heavy atom. The van der Waals surface area contributed by atoms with Crippen molar-refractivity contribution in [3.8, 4) is 0 Å². The average molecular weight is 166 g/mol. The van der Waals surface area contributed by atoms with Crippen LogP contribution in [0.5, 0.6) is 0 Å². The van der Waals surface area contributed by atoms with Gasteiger partial charge in [-0.05, 0) is 18.1 Å². The lowest BCUT2D eigenvalue weighted by molar-refractivity contribution is 0.844. The highest BCUT2D eigenvalue weighted by Crippen LogP contribution is 2.09. The first-order chi connectivity index (χ1) is 5.65. The molecule has 0 atom stereocenters. The molecule has 0 spiro atoms. The summed E-state index contributed by atoms with van der Waals surface area (Å²) in [6, 6.07) is 3.73. The second-order valence-corrected chi connectivity index (χ2v) is 3.06. The van der Waals surface area contributed by atoms with E-state index in [1.165, 1.54) is 0 Å². The van der Waals surface area contributed by atoms with E-state index in [0.29, 0.717) is 0 Å². The SMILES string of the molecule is CNc1ccc(C(C)C)c(=O)[nH]1. The lowest BCUT2D eigenvalue weighted by Gasteiger charge is -2.05. The lowest BCUT2D eigenvalue weighted by Crippen LogP contribution is -2.14. The van der Waals surface area contributed by atoms with Crippen LogP contribution in [0, 0.1) is 0 Å². The first-order valence-corrected chi connectivity index (χ1v) is 4.06. The predicted molar refractivity (Wildman–Crippen MR) is 50.7 cm³/mol. The zero-order valence-electron chi connectivity index (χ0n) is 7.64. The third-order valence-corrected chi connectivity index (χ3v) is 1.83. The minimum absolute atomic E-state index is 0.00292. The van der Waals surface area contributed by atoms with Gasteiger partial charge < -0.3 is 10.3 Å². The number of hydrogen-bond donors (Lipinski definition) is 2. The number of rotatable bonds is 2. The molecule has 3 nitrogen and oxygen atoms in total. The monoisotopic (exact) mass is 166 g/mol. The summed E-state index contributed by atoms with van der Waals surface area (Å²) in [5.41, 5.74) is 0.825. The molecule has 0 radical (unpaired) electrons. The van der Waals surface area contributed by atoms with Gasteiger partial charge in [-0.2, -0.15) is 0 Å². The number of H-pyrrole nitrogens is 1. The summed E-state index contributed by atoms with van der Waals surface area (Å²) in [4.78, 5) is 14.1. The van der Waals surface area contributed by atoms with E-state index in [4.69, 9.17) is 0 Å². The lowest BCUT2D eigenvalue weighted by atomic mass is 10.1. The molecule has 0 saturated heterocycles. The van der Waals surface area contributed by atoms with Crippen molar-refractivity contribution in [2.24, 2.45) is 0 Å². The number of aromatic nitrogens is 1. The van der Waals surface area contributed by atoms with E-state index in [0.717, 1.165) is 11.4 Å². The molecule has 1 aromatic rings. The van der Waals surface area contributed by atoms with E-state index < -0.39 is 0 Å². The van der Waals surface area contributed by atoms with Crippen molar-refractivity contribution in [1.82, 2.24) is 4.98 Å². The van der Waals surface area contributed by atoms with Crippen LogP contribution in [0.4, 0.5) is 5.82 Å². The fraction of sp³-hybridized carbons (Fsp3) is 0.444. The fourth-order valence-electron chi connectivity index (χ4n) is 1.09. The van der Waals surface area contributed by atoms with Gasteiger partial charge in [-0.3, -0.25) is 4.79 Å². The highest BCUT2D eigenvalue weighted by molar-refractivity contribution is 5.35. The summed E-state index contributed by atoms with van der Waals surface area (Å²) in [5.74, 6) is 1.03. The van der Waals surface area contributed by atoms with Crippen LogP contribution in [0.15, 0.2) is 16.9 Å². The molecular weight excluding hydrogens is 152 g/mol. The van der Waals surface area contributed by atoms with Gasteiger partial charge in [-0.25, -0.2) is 0 Å². The Hall–Kier alpha value is -1.25. The molecule has 3 heteroatoms. The predicted octanol–water partition coefficient (Wildman–Crippen LogP) is 1.54. The van der Waals surface area contributed by atoms with Crippen LogP contribution in [-0.4, -0.2) is 12.0 Å². The van der Waals surface area contributed by atoms with Crippen LogP contribution in [0.3, 0.4) is 0 Å². The van der Waals surface area contributed by atoms with E-state index in [2.05, 4.69) is 10.3 Å². The molecule has 66 valence electrons. The molecular formula is C9H14N2O. The summed E-state index contributed by atoms with van der Waals surface area (Å²) in [7, 11) is 1.78. The number of aromatic amines is 1. The topological polar surface area (TPSA) is 44.9 Å². The fourth-order valence-corrected chi connectivity index (χ4v) is 1.09. The Labute approximate surface area is 71.8 Å². The first-order valence-electron chi connectivity index (χ1n) is 4.06. The highest BCUT2D eigenvalue weighted by atomic mass is 16.1. The Bertz CT molecular complexity index is 315. The van der Waals surface area contributed by atoms with Gasteiger partial charge in [0.2, 0.25) is 0 Å². The van der Waals surface area contributed by atoms with Crippen molar-refractivity contribution in [2.45, 2.75) is 19.8 Å². The molecule has 0 bridgehead atoms. The first kappa shape index (κ1) is 8.84. The summed E-state index contributed by atoms with van der Waals surface area (Å²) < 4.78 is 0. The van der Waals surface area contributed by atoms with E-state index >= 15 is 0 Å². The molecule has 0 unspecified atom stereocenters. The molecule has 0 aromatic carbocycles. The van der Waals surface area contributed by atoms with E-state index in [-0.39, 0.29) is 11.5 Å². The van der Waals surface area contributed by atoms with Gasteiger partial charge in [0.15, 0.2) is 0 Å². The van der Waals surface area contributed by atoms with E-state index in [1.807, 2.05) is 26.0 Å². The maximum Gasteiger partial charge on any atom is 0.252 e. The molecule has 0 fully saturated rings. The van der Waals surface area contributed by atoms with E-state index in [9.17, 15) is 4.79 Å². The van der Waals surface area contributed by atoms with Gasteiger partial charge in [0.1, 0.15) is 5.82 Å². The molecule has 1 rings (SSSR count). The van der Waals surface area contributed by atoms with Crippen LogP contribution < -0.4 is 10.9 Å². The van der Waals surface area contributed by atoms with Crippen molar-refractivity contribution in [2.75, 3.05) is 12.4 Å². The number of pyridine rings is 1. The van der Waals surface area contributed by atoms with Crippen LogP contribution in [0.1, 0.15) is 25.3 Å². The molecule has 2 N–H and O–H groups in total. The van der Waals surface area contributed by atoms with Gasteiger partial charge in [0.05, 0.1) is 0 Å². The molecule has 0 aliphatic carbocycles. The molecule has 1 heterocycles. The summed E-state index contributed by atoms with van der Waals surface area (Å²) >= 11 is 0. The molecule has 0 saturated carbocycles. The Kier molecular flexibility index (Phi) is 2.53. The van der Waals surface area contributed by atoms with E-state index in [1.54, 1.807) is 7.05 Å². The second kappa shape index (κ2) is 3.43. The van der Waals surface area contributed by atoms with Crippen molar-refractivity contribution in [3.05, 3.63) is 28.0 Å². The van der Waals surface area contributed by atoms with Gasteiger partial charge in [0.25, 0.3) is 5.56 Å². The van der Waals surface area contributed by atoms with Crippen molar-refractivity contribution < 1.29 is 0 Å².